The Balaban J connectivity index is 1.45. The quantitative estimate of drug-likeness (QED) is 0.00846. The summed E-state index contributed by atoms with van der Waals surface area (Å²) in [5.74, 6) is -16.0. The normalized spacial score (nSPS) is 14.9. The number of nitrogens with zero attached hydrogens (tertiary/aromatic N) is 1. The van der Waals surface area contributed by atoms with E-state index in [-0.39, 0.29) is 222 Å². The van der Waals surface area contributed by atoms with Crippen molar-refractivity contribution in [3.05, 3.63) is 95.7 Å². The van der Waals surface area contributed by atoms with Gasteiger partial charge in [0.15, 0.2) is 29.8 Å². The van der Waals surface area contributed by atoms with Gasteiger partial charge in [-0.25, -0.2) is 4.79 Å². The molecule has 0 spiro atoms. The van der Waals surface area contributed by atoms with Gasteiger partial charge in [0.05, 0.1) is 6.04 Å². The molecule has 774 valence electrons. The number of hydrogen-bond donors (Lipinski definition) is 37. The number of carboxylic acid groups (broad SMARTS) is 1. The van der Waals surface area contributed by atoms with Crippen LogP contribution in [0.15, 0.2) is 79.0 Å². The lowest BCUT2D eigenvalue weighted by Crippen LogP contribution is -2.61. The van der Waals surface area contributed by atoms with Crippen LogP contribution in [0.1, 0.15) is 152 Å². The minimum Gasteiger partial charge on any atom is -0.508 e. The Morgan fingerprint density at radius 3 is 1.04 bits per heavy atom. The van der Waals surface area contributed by atoms with Crippen molar-refractivity contribution in [1.29, 1.82) is 27.0 Å². The molecule has 5 rings (SSSR count). The number of phenols is 2. The number of H-pyrrole nitrogens is 1. The number of aliphatic carboxylic acids is 1. The van der Waals surface area contributed by atoms with Gasteiger partial charge in [0, 0.05) is 87.1 Å². The summed E-state index contributed by atoms with van der Waals surface area (Å²) in [6.45, 7) is 0.851. The number of carbonyl (C=O) groups is 14. The molecule has 4 aromatic rings. The molecule has 0 saturated carbocycles. The number of nitrogens with one attached hydrogen (secondary N) is 23. The minimum absolute atomic E-state index is 0.00785. The Morgan fingerprint density at radius 1 is 0.371 bits per heavy atom. The molecular formula is C88H143N33O17S2. The Kier molecular flexibility index (Phi) is 52.5. The molecule has 1 aliphatic rings. The highest BCUT2D eigenvalue weighted by Gasteiger charge is 2.42. The number of unbranched alkanes of at least 4 members (excludes halogenated alkanes) is 3. The second-order valence-corrected chi connectivity index (χ2v) is 34.5. The van der Waals surface area contributed by atoms with Gasteiger partial charge in [-0.05, 0) is 201 Å². The van der Waals surface area contributed by atoms with Gasteiger partial charge in [-0.15, -0.1) is 0 Å². The van der Waals surface area contributed by atoms with Gasteiger partial charge in [0.1, 0.15) is 90.0 Å². The third kappa shape index (κ3) is 42.7. The van der Waals surface area contributed by atoms with Crippen LogP contribution in [-0.2, 0) is 86.4 Å². The number of carbonyl (C=O) groups excluding carboxylic acids is 13. The van der Waals surface area contributed by atoms with Crippen LogP contribution in [-0.4, -0.2) is 293 Å². The molecule has 52 heteroatoms. The number of thiol groups is 2. The van der Waals surface area contributed by atoms with Crippen LogP contribution in [0.3, 0.4) is 0 Å². The number of phenolic OH excluding ortho intramolecular Hbond substituents is 2. The highest BCUT2D eigenvalue weighted by Crippen LogP contribution is 2.24. The number of aromatic hydroxyl groups is 2. The average Bonchev–Trinajstić information content (AvgIpc) is 1.65. The lowest BCUT2D eigenvalue weighted by molar-refractivity contribution is -0.142. The molecule has 1 aromatic heterocycles. The third-order valence-corrected chi connectivity index (χ3v) is 23.5. The first-order chi connectivity index (χ1) is 66.8. The van der Waals surface area contributed by atoms with Gasteiger partial charge in [0.2, 0.25) is 76.8 Å². The molecular weight excluding hydrogens is 1860 g/mol. The number of likely N-dealkylation sites (tertiary alicyclic amines) is 1. The van der Waals surface area contributed by atoms with Gasteiger partial charge < -0.3 is 167 Å². The zero-order valence-corrected chi connectivity index (χ0v) is 80.2. The van der Waals surface area contributed by atoms with Gasteiger partial charge in [-0.1, -0.05) is 42.5 Å². The Bertz CT molecular complexity index is 4770. The molecule has 0 radical (unpaired) electrons. The first kappa shape index (κ1) is 117. The molecule has 1 saturated heterocycles. The number of para-hydroxylation sites is 1. The van der Waals surface area contributed by atoms with E-state index in [1.807, 2.05) is 0 Å². The van der Waals surface area contributed by atoms with Crippen molar-refractivity contribution in [2.24, 2.45) is 51.6 Å². The summed E-state index contributed by atoms with van der Waals surface area (Å²) >= 11 is 8.71. The van der Waals surface area contributed by atoms with Crippen molar-refractivity contribution < 1.29 is 82.4 Å². The number of benzene rings is 3. The number of aromatic amines is 1. The number of fused-ring (bicyclic) bond motifs is 1. The molecule has 0 bridgehead atoms. The van der Waals surface area contributed by atoms with E-state index in [4.69, 9.17) is 78.6 Å². The average molecular weight is 2000 g/mol. The lowest BCUT2D eigenvalue weighted by atomic mass is 10.0. The van der Waals surface area contributed by atoms with E-state index in [1.165, 1.54) is 53.4 Å². The highest BCUT2D eigenvalue weighted by atomic mass is 32.1. The third-order valence-electron chi connectivity index (χ3n) is 22.7. The van der Waals surface area contributed by atoms with Crippen molar-refractivity contribution in [3.63, 3.8) is 0 Å². The van der Waals surface area contributed by atoms with Crippen LogP contribution < -0.4 is 142 Å². The number of carboxylic acids is 1. The second kappa shape index (κ2) is 63.0. The number of aromatic nitrogens is 1. The maximum absolute atomic E-state index is 15.4. The SMILES string of the molecule is N=C(N)NCCC[C@H](NC(=O)[C@H](CS)NC(=O)[C@H](CCCCN)NC(=O)[C@H](CCCNC(=N)N)NC(=O)[C@H](Cc1ccc(O)cc1)NC(=O)[C@@H]1CCCN1C(=O)[C@@H](CCCCN)NC(=O)[C@H](CCCCN)NC(=O)[C@H](CCCNC(=N)N)NC(=O)[C@H](Cc1ccc(O)cc1)NC(=O)[C@H](CS)NC(=O)[C@H](Cc1c[nH]c2ccccc12)NC(=O)[C@H](CCCNC(=N)N)NC(=O)[C@@H](N)CCCNC(=N)N)C(=O)O. The fraction of sp³-hybridized carbons (Fsp3) is 0.557. The van der Waals surface area contributed by atoms with Crippen LogP contribution in [0.4, 0.5) is 0 Å². The molecule has 1 aliphatic heterocycles. The summed E-state index contributed by atoms with van der Waals surface area (Å²) in [7, 11) is 0. The molecule has 13 amide bonds. The molecule has 0 aliphatic carbocycles. The van der Waals surface area contributed by atoms with E-state index in [2.05, 4.69) is 121 Å². The minimum atomic E-state index is -1.63. The van der Waals surface area contributed by atoms with Crippen molar-refractivity contribution in [3.8, 4) is 11.5 Å². The van der Waals surface area contributed by atoms with E-state index in [9.17, 15) is 53.7 Å². The predicted molar refractivity (Wildman–Crippen MR) is 531 cm³/mol. The topological polar surface area (TPSA) is 877 Å². The summed E-state index contributed by atoms with van der Waals surface area (Å²) in [4.78, 5) is 209. The number of guanidine groups is 5. The van der Waals surface area contributed by atoms with E-state index in [1.54, 1.807) is 30.5 Å². The van der Waals surface area contributed by atoms with Crippen molar-refractivity contribution >= 4 is 149 Å². The van der Waals surface area contributed by atoms with Crippen LogP contribution in [0.5, 0.6) is 11.5 Å². The Hall–Kier alpha value is -13.7. The summed E-state index contributed by atoms with van der Waals surface area (Å²) in [5.41, 5.74) is 53.5. The maximum Gasteiger partial charge on any atom is 0.326 e. The van der Waals surface area contributed by atoms with Crippen LogP contribution in [0.25, 0.3) is 10.9 Å². The van der Waals surface area contributed by atoms with E-state index in [0.717, 1.165) is 0 Å². The second-order valence-electron chi connectivity index (χ2n) is 33.8. The molecule has 0 unspecified atom stereocenters. The first-order valence-electron chi connectivity index (χ1n) is 46.6. The highest BCUT2D eigenvalue weighted by molar-refractivity contribution is 7.80. The van der Waals surface area contributed by atoms with E-state index in [0.29, 0.717) is 53.3 Å². The summed E-state index contributed by atoms with van der Waals surface area (Å²) in [6, 6.07) is -2.09. The smallest absolute Gasteiger partial charge is 0.326 e. The number of hydrogen-bond acceptors (Lipinski definition) is 27. The van der Waals surface area contributed by atoms with Gasteiger partial charge >= 0.3 is 5.97 Å². The van der Waals surface area contributed by atoms with Crippen LogP contribution in [0.2, 0.25) is 0 Å². The largest absolute Gasteiger partial charge is 0.508 e. The standard InChI is InChI=1S/C88H143N33O17S2/c89-34-6-3-18-57(110-71(125)60(22-11-39-105-86(97)98)112-76(130)64(43-49-26-30-52(122)31-27-49)116-80(134)68(48-140)120-78(132)66(45-51-46-108-56-17-2-1-15-54(51)56)117-74(128)59(21-10-38-104-85(95)96)109-70(124)55(92)16-9-37-103-84(93)94)73(127)114-62(20-5-8-36-91)82(136)121-42-14-25-69(121)81(135)118-65(44-50-28-32-53(123)33-29-50)77(131)113-61(23-12-40-106-87(99)100)72(126)111-58(19-4-7-35-90)75(129)119-67(47-139)79(133)115-63(83(137)138)24-13-41-107-88(101)102/h1-2,15,17,26-33,46,55,57-69,108,122-123,139-140H,3-14,16,18-25,34-45,47-48,89-92H2,(H,109,124)(H,110,125)(H,111,126)(H,112,130)(H,113,131)(H,114,127)(H,115,133)(H,116,134)(H,117,128)(H,118,135)(H,119,129)(H,120,132)(H,137,138)(H4,93,94,103)(H4,95,96,104)(H4,97,98,105)(H4,99,100,106)(H4,101,102,107)/t55-,57-,58-,59-,60-,61-,62+,63-,64-,65-,66-,67-,68-,69-/m0/s1. The fourth-order valence-corrected chi connectivity index (χ4v) is 15.7. The van der Waals surface area contributed by atoms with Crippen LogP contribution in [0, 0.1) is 27.0 Å². The van der Waals surface area contributed by atoms with Crippen molar-refractivity contribution in [1.82, 2.24) is 100 Å². The fourth-order valence-electron chi connectivity index (χ4n) is 15.2. The first-order valence-corrected chi connectivity index (χ1v) is 47.8. The van der Waals surface area contributed by atoms with Gasteiger partial charge in [-0.2, -0.15) is 25.3 Å². The zero-order valence-electron chi connectivity index (χ0n) is 78.4. The maximum atomic E-state index is 15.4. The molecule has 44 N–H and O–H groups in total. The molecule has 140 heavy (non-hydrogen) atoms. The molecule has 50 nitrogen and oxygen atoms in total. The van der Waals surface area contributed by atoms with Gasteiger partial charge in [0.25, 0.3) is 0 Å². The summed E-state index contributed by atoms with van der Waals surface area (Å²) in [6.07, 6.45) is 2.86. The van der Waals surface area contributed by atoms with Crippen molar-refractivity contribution in [2.45, 2.75) is 239 Å². The molecule has 14 atom stereocenters. The molecule has 2 heterocycles. The molecule has 1 fully saturated rings. The van der Waals surface area contributed by atoms with Crippen molar-refractivity contribution in [2.75, 3.05) is 70.4 Å². The number of amides is 13. The Morgan fingerprint density at radius 2 is 0.671 bits per heavy atom. The Labute approximate surface area is 822 Å². The molecule has 3 aromatic carbocycles. The predicted octanol–water partition coefficient (Wildman–Crippen LogP) is -6.61. The summed E-state index contributed by atoms with van der Waals surface area (Å²) in [5, 5.41) is 115. The zero-order chi connectivity index (χ0) is 103. The monoisotopic (exact) mass is 2000 g/mol. The lowest BCUT2D eigenvalue weighted by Gasteiger charge is -2.31. The number of rotatable bonds is 66. The van der Waals surface area contributed by atoms with Crippen LogP contribution >= 0.6 is 25.3 Å². The van der Waals surface area contributed by atoms with E-state index >= 15 is 28.8 Å². The van der Waals surface area contributed by atoms with E-state index < -0.39 is 185 Å². The van der Waals surface area contributed by atoms with Gasteiger partial charge in [-0.3, -0.25) is 89.4 Å². The number of nitrogens with two attached hydrogens (primary N) is 9. The summed E-state index contributed by atoms with van der Waals surface area (Å²) < 4.78 is 0.